The summed E-state index contributed by atoms with van der Waals surface area (Å²) in [5.41, 5.74) is 2.48. The molecule has 0 radical (unpaired) electrons. The number of carbonyl (C=O) groups is 1. The first-order chi connectivity index (χ1) is 8.08. The van der Waals surface area contributed by atoms with E-state index in [0.717, 1.165) is 12.0 Å². The minimum atomic E-state index is -0.748. The van der Waals surface area contributed by atoms with E-state index >= 15 is 0 Å². The summed E-state index contributed by atoms with van der Waals surface area (Å²) < 4.78 is 0. The van der Waals surface area contributed by atoms with Gasteiger partial charge in [0, 0.05) is 6.42 Å². The average Bonchev–Trinajstić information content (AvgIpc) is 2.25. The van der Waals surface area contributed by atoms with Crippen molar-refractivity contribution < 1.29 is 9.90 Å². The summed E-state index contributed by atoms with van der Waals surface area (Å²) in [4.78, 5) is 10.3. The van der Waals surface area contributed by atoms with Gasteiger partial charge in [0.05, 0.1) is 0 Å². The summed E-state index contributed by atoms with van der Waals surface area (Å²) in [5.74, 6) is -0.0751. The topological polar surface area (TPSA) is 37.3 Å². The van der Waals surface area contributed by atoms with Crippen molar-refractivity contribution in [1.82, 2.24) is 0 Å². The van der Waals surface area contributed by atoms with Gasteiger partial charge in [-0.05, 0) is 29.9 Å². The SMILES string of the molecule is CC(C)Cc1ccc(/C=C/CCC(=O)O)cc1. The van der Waals surface area contributed by atoms with Gasteiger partial charge in [-0.3, -0.25) is 4.79 Å². The number of rotatable bonds is 6. The Hall–Kier alpha value is -1.57. The number of carboxylic acids is 1. The Kier molecular flexibility index (Phi) is 5.47. The summed E-state index contributed by atoms with van der Waals surface area (Å²) in [6.45, 7) is 4.42. The van der Waals surface area contributed by atoms with E-state index in [2.05, 4.69) is 38.1 Å². The molecule has 1 rings (SSSR count). The lowest BCUT2D eigenvalue weighted by atomic mass is 10.0. The fraction of sp³-hybridized carbons (Fsp3) is 0.400. The molecule has 0 fully saturated rings. The van der Waals surface area contributed by atoms with Crippen LogP contribution in [0.1, 0.15) is 37.8 Å². The van der Waals surface area contributed by atoms with Gasteiger partial charge in [0.25, 0.3) is 0 Å². The van der Waals surface area contributed by atoms with Gasteiger partial charge in [-0.1, -0.05) is 50.3 Å². The zero-order valence-corrected chi connectivity index (χ0v) is 10.5. The van der Waals surface area contributed by atoms with Crippen LogP contribution in [0.2, 0.25) is 0 Å². The second-order valence-corrected chi connectivity index (χ2v) is 4.67. The van der Waals surface area contributed by atoms with Gasteiger partial charge in [0.15, 0.2) is 0 Å². The standard InChI is InChI=1S/C15H20O2/c1-12(2)11-14-9-7-13(8-10-14)5-3-4-6-15(16)17/h3,5,7-10,12H,4,6,11H2,1-2H3,(H,16,17)/b5-3+. The predicted molar refractivity (Wildman–Crippen MR) is 70.9 cm³/mol. The van der Waals surface area contributed by atoms with Gasteiger partial charge in [-0.25, -0.2) is 0 Å². The molecule has 0 unspecified atom stereocenters. The molecule has 2 heteroatoms. The average molecular weight is 232 g/mol. The normalized spacial score (nSPS) is 11.2. The minimum absolute atomic E-state index is 0.196. The van der Waals surface area contributed by atoms with Crippen molar-refractivity contribution in [3.05, 3.63) is 41.5 Å². The molecule has 1 aromatic rings. The Balaban J connectivity index is 2.47. The molecule has 0 aliphatic heterocycles. The van der Waals surface area contributed by atoms with Gasteiger partial charge >= 0.3 is 5.97 Å². The summed E-state index contributed by atoms with van der Waals surface area (Å²) >= 11 is 0. The van der Waals surface area contributed by atoms with E-state index in [1.807, 2.05) is 12.2 Å². The van der Waals surface area contributed by atoms with Crippen LogP contribution in [0.5, 0.6) is 0 Å². The lowest BCUT2D eigenvalue weighted by Crippen LogP contribution is -1.93. The molecule has 0 bridgehead atoms. The van der Waals surface area contributed by atoms with Gasteiger partial charge in [-0.2, -0.15) is 0 Å². The van der Waals surface area contributed by atoms with Gasteiger partial charge < -0.3 is 5.11 Å². The highest BCUT2D eigenvalue weighted by molar-refractivity contribution is 5.67. The monoisotopic (exact) mass is 232 g/mol. The van der Waals surface area contributed by atoms with Crippen molar-refractivity contribution in [2.75, 3.05) is 0 Å². The van der Waals surface area contributed by atoms with Crippen LogP contribution in [0.3, 0.4) is 0 Å². The van der Waals surface area contributed by atoms with E-state index in [1.165, 1.54) is 5.56 Å². The number of allylic oxidation sites excluding steroid dienone is 1. The van der Waals surface area contributed by atoms with Crippen LogP contribution in [0.4, 0.5) is 0 Å². The van der Waals surface area contributed by atoms with Crippen molar-refractivity contribution in [2.24, 2.45) is 5.92 Å². The molecule has 0 spiro atoms. The van der Waals surface area contributed by atoms with E-state index in [9.17, 15) is 4.79 Å². The van der Waals surface area contributed by atoms with E-state index in [-0.39, 0.29) is 6.42 Å². The maximum atomic E-state index is 10.3. The van der Waals surface area contributed by atoms with E-state index in [4.69, 9.17) is 5.11 Å². The number of aliphatic carboxylic acids is 1. The molecule has 0 atom stereocenters. The Labute approximate surface area is 103 Å². The first kappa shape index (κ1) is 13.5. The molecule has 1 aromatic carbocycles. The molecular weight excluding hydrogens is 212 g/mol. The van der Waals surface area contributed by atoms with Crippen LogP contribution in [0.15, 0.2) is 30.3 Å². The molecule has 0 amide bonds. The fourth-order valence-corrected chi connectivity index (χ4v) is 1.66. The van der Waals surface area contributed by atoms with Crippen LogP contribution in [0.25, 0.3) is 6.08 Å². The summed E-state index contributed by atoms with van der Waals surface area (Å²) in [6, 6.07) is 8.43. The molecule has 0 aromatic heterocycles. The molecule has 0 saturated heterocycles. The van der Waals surface area contributed by atoms with Crippen molar-refractivity contribution in [2.45, 2.75) is 33.1 Å². The second kappa shape index (κ2) is 6.89. The number of hydrogen-bond acceptors (Lipinski definition) is 1. The van der Waals surface area contributed by atoms with E-state index in [1.54, 1.807) is 0 Å². The van der Waals surface area contributed by atoms with Gasteiger partial charge in [0.2, 0.25) is 0 Å². The second-order valence-electron chi connectivity index (χ2n) is 4.67. The Morgan fingerprint density at radius 1 is 1.29 bits per heavy atom. The zero-order chi connectivity index (χ0) is 12.7. The Morgan fingerprint density at radius 2 is 1.94 bits per heavy atom. The van der Waals surface area contributed by atoms with Crippen LogP contribution in [-0.2, 0) is 11.2 Å². The Morgan fingerprint density at radius 3 is 2.47 bits per heavy atom. The maximum Gasteiger partial charge on any atom is 0.303 e. The highest BCUT2D eigenvalue weighted by Gasteiger charge is 1.97. The molecule has 17 heavy (non-hydrogen) atoms. The van der Waals surface area contributed by atoms with Crippen LogP contribution >= 0.6 is 0 Å². The van der Waals surface area contributed by atoms with Gasteiger partial charge in [-0.15, -0.1) is 0 Å². The highest BCUT2D eigenvalue weighted by Crippen LogP contribution is 2.11. The Bertz CT molecular complexity index is 374. The van der Waals surface area contributed by atoms with Crippen LogP contribution < -0.4 is 0 Å². The molecule has 0 aliphatic rings. The van der Waals surface area contributed by atoms with Crippen molar-refractivity contribution >= 4 is 12.0 Å². The number of hydrogen-bond donors (Lipinski definition) is 1. The largest absolute Gasteiger partial charge is 0.481 e. The first-order valence-corrected chi connectivity index (χ1v) is 6.05. The number of benzene rings is 1. The minimum Gasteiger partial charge on any atom is -0.481 e. The molecule has 2 nitrogen and oxygen atoms in total. The molecule has 1 N–H and O–H groups in total. The number of carboxylic acid groups (broad SMARTS) is 1. The van der Waals surface area contributed by atoms with Gasteiger partial charge in [0.1, 0.15) is 0 Å². The van der Waals surface area contributed by atoms with Crippen LogP contribution in [0, 0.1) is 5.92 Å². The van der Waals surface area contributed by atoms with E-state index in [0.29, 0.717) is 12.3 Å². The fourth-order valence-electron chi connectivity index (χ4n) is 1.66. The maximum absolute atomic E-state index is 10.3. The molecule has 92 valence electrons. The quantitative estimate of drug-likeness (QED) is 0.810. The molecular formula is C15H20O2. The van der Waals surface area contributed by atoms with Crippen molar-refractivity contribution in [1.29, 1.82) is 0 Å². The van der Waals surface area contributed by atoms with Crippen molar-refractivity contribution in [3.63, 3.8) is 0 Å². The predicted octanol–water partition coefficient (Wildman–Crippen LogP) is 3.76. The van der Waals surface area contributed by atoms with Crippen LogP contribution in [-0.4, -0.2) is 11.1 Å². The third-order valence-electron chi connectivity index (χ3n) is 2.46. The third kappa shape index (κ3) is 5.91. The summed E-state index contributed by atoms with van der Waals surface area (Å²) in [6.07, 6.45) is 5.77. The van der Waals surface area contributed by atoms with E-state index < -0.39 is 5.97 Å². The summed E-state index contributed by atoms with van der Waals surface area (Å²) in [7, 11) is 0. The molecule has 0 heterocycles. The first-order valence-electron chi connectivity index (χ1n) is 6.05. The lowest BCUT2D eigenvalue weighted by molar-refractivity contribution is -0.136. The third-order valence-corrected chi connectivity index (χ3v) is 2.46. The zero-order valence-electron chi connectivity index (χ0n) is 10.5. The highest BCUT2D eigenvalue weighted by atomic mass is 16.4. The molecule has 0 saturated carbocycles. The molecule has 0 aliphatic carbocycles. The smallest absolute Gasteiger partial charge is 0.303 e. The van der Waals surface area contributed by atoms with Crippen molar-refractivity contribution in [3.8, 4) is 0 Å². The summed E-state index contributed by atoms with van der Waals surface area (Å²) in [5, 5.41) is 8.50. The lowest BCUT2D eigenvalue weighted by Gasteiger charge is -2.04.